The summed E-state index contributed by atoms with van der Waals surface area (Å²) in [4.78, 5) is 23.7. The third-order valence-corrected chi connectivity index (χ3v) is 4.38. The number of nitriles is 1. The highest BCUT2D eigenvalue weighted by Crippen LogP contribution is 2.24. The summed E-state index contributed by atoms with van der Waals surface area (Å²) >= 11 is 0. The molecule has 0 radical (unpaired) electrons. The standard InChI is InChI=1S/C22H19N3O3/c1-2-15-6-5-7-18(10-15)24-22(28)16(12-23)11-17-13-25(14-21(26)27)20-9-4-3-8-19(17)20/h3-11,13H,2,14H2,1H3,(H,24,28)(H,26,27)/b16-11+. The molecular weight excluding hydrogens is 354 g/mol. The predicted octanol–water partition coefficient (Wildman–Crippen LogP) is 3.83. The van der Waals surface area contributed by atoms with Crippen LogP contribution in [-0.4, -0.2) is 21.6 Å². The molecule has 6 heteroatoms. The van der Waals surface area contributed by atoms with Crippen LogP contribution in [0, 0.1) is 11.3 Å². The first-order valence-electron chi connectivity index (χ1n) is 8.83. The molecule has 28 heavy (non-hydrogen) atoms. The van der Waals surface area contributed by atoms with E-state index in [0.717, 1.165) is 22.9 Å². The molecule has 1 amide bonds. The predicted molar refractivity (Wildman–Crippen MR) is 108 cm³/mol. The molecule has 3 rings (SSSR count). The van der Waals surface area contributed by atoms with Gasteiger partial charge in [-0.25, -0.2) is 0 Å². The quantitative estimate of drug-likeness (QED) is 0.507. The van der Waals surface area contributed by atoms with Crippen LogP contribution in [0.15, 0.2) is 60.3 Å². The lowest BCUT2D eigenvalue weighted by Gasteiger charge is -2.06. The van der Waals surface area contributed by atoms with E-state index in [4.69, 9.17) is 5.11 Å². The van der Waals surface area contributed by atoms with Crippen molar-refractivity contribution in [3.05, 3.63) is 71.4 Å². The van der Waals surface area contributed by atoms with Crippen LogP contribution in [0.4, 0.5) is 5.69 Å². The van der Waals surface area contributed by atoms with Crippen molar-refractivity contribution in [3.63, 3.8) is 0 Å². The molecular formula is C22H19N3O3. The van der Waals surface area contributed by atoms with Gasteiger partial charge in [-0.3, -0.25) is 9.59 Å². The van der Waals surface area contributed by atoms with Crippen LogP contribution < -0.4 is 5.32 Å². The van der Waals surface area contributed by atoms with E-state index in [9.17, 15) is 14.9 Å². The Morgan fingerprint density at radius 1 is 1.21 bits per heavy atom. The van der Waals surface area contributed by atoms with Gasteiger partial charge in [0.1, 0.15) is 18.2 Å². The van der Waals surface area contributed by atoms with Crippen molar-refractivity contribution in [2.45, 2.75) is 19.9 Å². The average molecular weight is 373 g/mol. The topological polar surface area (TPSA) is 95.1 Å². The highest BCUT2D eigenvalue weighted by atomic mass is 16.4. The van der Waals surface area contributed by atoms with Crippen LogP contribution in [0.3, 0.4) is 0 Å². The van der Waals surface area contributed by atoms with Crippen molar-refractivity contribution < 1.29 is 14.7 Å². The summed E-state index contributed by atoms with van der Waals surface area (Å²) in [6.45, 7) is 1.82. The fraction of sp³-hybridized carbons (Fsp3) is 0.136. The second-order valence-corrected chi connectivity index (χ2v) is 6.30. The SMILES string of the molecule is CCc1cccc(NC(=O)/C(C#N)=C/c2cn(CC(=O)O)c3ccccc23)c1. The smallest absolute Gasteiger partial charge is 0.323 e. The number of hydrogen-bond acceptors (Lipinski definition) is 3. The van der Waals surface area contributed by atoms with Gasteiger partial charge in [0.05, 0.1) is 0 Å². The van der Waals surface area contributed by atoms with Crippen molar-refractivity contribution in [1.29, 1.82) is 5.26 Å². The fourth-order valence-corrected chi connectivity index (χ4v) is 3.04. The Bertz CT molecular complexity index is 1120. The van der Waals surface area contributed by atoms with E-state index in [0.29, 0.717) is 11.3 Å². The second kappa shape index (κ2) is 8.23. The Hall–Kier alpha value is -3.85. The van der Waals surface area contributed by atoms with Crippen LogP contribution >= 0.6 is 0 Å². The molecule has 0 aliphatic heterocycles. The van der Waals surface area contributed by atoms with Gasteiger partial charge in [-0.1, -0.05) is 37.3 Å². The number of carbonyl (C=O) groups excluding carboxylic acids is 1. The first-order chi connectivity index (χ1) is 13.5. The van der Waals surface area contributed by atoms with E-state index in [1.807, 2.05) is 49.4 Å². The maximum atomic E-state index is 12.6. The van der Waals surface area contributed by atoms with Gasteiger partial charge >= 0.3 is 5.97 Å². The molecule has 2 N–H and O–H groups in total. The molecule has 0 unspecified atom stereocenters. The molecule has 3 aromatic rings. The largest absolute Gasteiger partial charge is 0.480 e. The third kappa shape index (κ3) is 4.10. The molecule has 0 aliphatic carbocycles. The van der Waals surface area contributed by atoms with E-state index in [1.165, 1.54) is 6.08 Å². The van der Waals surface area contributed by atoms with E-state index in [-0.39, 0.29) is 12.1 Å². The zero-order valence-electron chi connectivity index (χ0n) is 15.3. The molecule has 1 heterocycles. The number of carbonyl (C=O) groups is 2. The summed E-state index contributed by atoms with van der Waals surface area (Å²) in [5, 5.41) is 22.1. The van der Waals surface area contributed by atoms with Crippen molar-refractivity contribution in [1.82, 2.24) is 4.57 Å². The van der Waals surface area contributed by atoms with Gasteiger partial charge in [-0.2, -0.15) is 5.26 Å². The van der Waals surface area contributed by atoms with Gasteiger partial charge in [0.25, 0.3) is 5.91 Å². The van der Waals surface area contributed by atoms with Crippen molar-refractivity contribution >= 4 is 34.5 Å². The number of fused-ring (bicyclic) bond motifs is 1. The molecule has 1 aromatic heterocycles. The van der Waals surface area contributed by atoms with Gasteiger partial charge in [0.2, 0.25) is 0 Å². The number of benzene rings is 2. The highest BCUT2D eigenvalue weighted by molar-refractivity contribution is 6.10. The minimum absolute atomic E-state index is 0.0554. The lowest BCUT2D eigenvalue weighted by Crippen LogP contribution is -2.13. The minimum atomic E-state index is -0.967. The van der Waals surface area contributed by atoms with E-state index >= 15 is 0 Å². The summed E-state index contributed by atoms with van der Waals surface area (Å²) in [5.41, 5.74) is 2.99. The number of para-hydroxylation sites is 1. The minimum Gasteiger partial charge on any atom is -0.480 e. The Labute approximate surface area is 162 Å². The van der Waals surface area contributed by atoms with Crippen molar-refractivity contribution in [2.24, 2.45) is 0 Å². The van der Waals surface area contributed by atoms with Crippen LogP contribution in [0.1, 0.15) is 18.1 Å². The molecule has 0 saturated heterocycles. The number of nitrogens with zero attached hydrogens (tertiary/aromatic N) is 2. The zero-order valence-corrected chi connectivity index (χ0v) is 15.3. The summed E-state index contributed by atoms with van der Waals surface area (Å²) in [7, 11) is 0. The molecule has 0 fully saturated rings. The highest BCUT2D eigenvalue weighted by Gasteiger charge is 2.14. The Morgan fingerprint density at radius 3 is 2.71 bits per heavy atom. The lowest BCUT2D eigenvalue weighted by atomic mass is 10.1. The molecule has 0 spiro atoms. The van der Waals surface area contributed by atoms with Gasteiger partial charge in [0, 0.05) is 28.4 Å². The lowest BCUT2D eigenvalue weighted by molar-refractivity contribution is -0.137. The molecule has 2 aromatic carbocycles. The maximum Gasteiger partial charge on any atom is 0.323 e. The van der Waals surface area contributed by atoms with Crippen LogP contribution in [-0.2, 0) is 22.6 Å². The normalized spacial score (nSPS) is 11.2. The molecule has 0 bridgehead atoms. The Balaban J connectivity index is 1.95. The summed E-state index contributed by atoms with van der Waals surface area (Å²) < 4.78 is 1.58. The van der Waals surface area contributed by atoms with Crippen LogP contribution in [0.5, 0.6) is 0 Å². The van der Waals surface area contributed by atoms with Crippen LogP contribution in [0.2, 0.25) is 0 Å². The average Bonchev–Trinajstić information content (AvgIpc) is 3.03. The summed E-state index contributed by atoms with van der Waals surface area (Å²) in [6.07, 6.45) is 3.97. The van der Waals surface area contributed by atoms with Gasteiger partial charge in [-0.05, 0) is 36.3 Å². The number of anilines is 1. The number of nitrogens with one attached hydrogen (secondary N) is 1. The molecule has 140 valence electrons. The number of hydrogen-bond donors (Lipinski definition) is 2. The Kier molecular flexibility index (Phi) is 5.56. The van der Waals surface area contributed by atoms with Gasteiger partial charge < -0.3 is 15.0 Å². The second-order valence-electron chi connectivity index (χ2n) is 6.30. The number of carboxylic acid groups (broad SMARTS) is 1. The zero-order chi connectivity index (χ0) is 20.1. The third-order valence-electron chi connectivity index (χ3n) is 4.38. The van der Waals surface area contributed by atoms with Crippen molar-refractivity contribution in [2.75, 3.05) is 5.32 Å². The summed E-state index contributed by atoms with van der Waals surface area (Å²) in [6, 6.07) is 16.7. The number of carboxylic acids is 1. The maximum absolute atomic E-state index is 12.6. The molecule has 0 aliphatic rings. The molecule has 0 atom stereocenters. The van der Waals surface area contributed by atoms with E-state index in [1.54, 1.807) is 22.9 Å². The molecule has 6 nitrogen and oxygen atoms in total. The summed E-state index contributed by atoms with van der Waals surface area (Å²) in [5.74, 6) is -1.48. The molecule has 0 saturated carbocycles. The monoisotopic (exact) mass is 373 g/mol. The van der Waals surface area contributed by atoms with Crippen molar-refractivity contribution in [3.8, 4) is 6.07 Å². The van der Waals surface area contributed by atoms with Gasteiger partial charge in [-0.15, -0.1) is 0 Å². The number of aryl methyl sites for hydroxylation is 1. The number of aliphatic carboxylic acids is 1. The first-order valence-corrected chi connectivity index (χ1v) is 8.83. The number of aromatic nitrogens is 1. The van der Waals surface area contributed by atoms with E-state index < -0.39 is 11.9 Å². The number of amides is 1. The van der Waals surface area contributed by atoms with Crippen LogP contribution in [0.25, 0.3) is 17.0 Å². The van der Waals surface area contributed by atoms with Gasteiger partial charge in [0.15, 0.2) is 0 Å². The number of rotatable bonds is 6. The fourth-order valence-electron chi connectivity index (χ4n) is 3.04. The first kappa shape index (κ1) is 18.9. The van der Waals surface area contributed by atoms with E-state index in [2.05, 4.69) is 5.32 Å². The Morgan fingerprint density at radius 2 is 2.00 bits per heavy atom.